The highest BCUT2D eigenvalue weighted by Gasteiger charge is 2.51. The van der Waals surface area contributed by atoms with Crippen LogP contribution in [0.1, 0.15) is 219 Å². The number of nitrogens with one attached hydrogen (secondary N) is 1. The van der Waals surface area contributed by atoms with Crippen LogP contribution in [0.4, 0.5) is 0 Å². The van der Waals surface area contributed by atoms with Gasteiger partial charge in [-0.2, -0.15) is 0 Å². The highest BCUT2D eigenvalue weighted by molar-refractivity contribution is 5.76. The van der Waals surface area contributed by atoms with Crippen molar-refractivity contribution in [2.24, 2.45) is 0 Å². The maximum atomic E-state index is 13.2. The van der Waals surface area contributed by atoms with Gasteiger partial charge in [0.05, 0.1) is 32.0 Å². The summed E-state index contributed by atoms with van der Waals surface area (Å²) in [6, 6.07) is -0.911. The molecule has 400 valence electrons. The van der Waals surface area contributed by atoms with Crippen molar-refractivity contribution < 1.29 is 64.6 Å². The molecule has 2 aliphatic heterocycles. The van der Waals surface area contributed by atoms with E-state index in [-0.39, 0.29) is 18.9 Å². The van der Waals surface area contributed by atoms with Crippen LogP contribution in [0, 0.1) is 0 Å². The first-order valence-electron chi connectivity index (χ1n) is 27.6. The van der Waals surface area contributed by atoms with E-state index in [1.54, 1.807) is 6.08 Å². The minimum atomic E-state index is -1.79. The van der Waals surface area contributed by atoms with Crippen LogP contribution in [0.3, 0.4) is 0 Å². The molecule has 0 radical (unpaired) electrons. The SMILES string of the molecule is CCCCCCCC/C=C\CCCCCCCCCCCCCC(=O)N[C@@H](CO[C@@H]1OC(CO)[C@@H](O[C@@H]2OC(CO)[C@@H](O)[C@H](O)C2O)[C@H](O)C1O)[C@H](O)/C=C/CCCCCCCCCCCCC. The van der Waals surface area contributed by atoms with Crippen molar-refractivity contribution in [3.05, 3.63) is 24.3 Å². The number of unbranched alkanes of at least 4 members (excludes halogenated alkanes) is 28. The second-order valence-corrected chi connectivity index (χ2v) is 19.7. The van der Waals surface area contributed by atoms with Gasteiger partial charge in [0.25, 0.3) is 0 Å². The summed E-state index contributed by atoms with van der Waals surface area (Å²) in [6.07, 6.45) is 29.3. The molecule has 14 nitrogen and oxygen atoms in total. The van der Waals surface area contributed by atoms with E-state index in [1.165, 1.54) is 154 Å². The summed E-state index contributed by atoms with van der Waals surface area (Å²) in [5.74, 6) is -0.240. The fourth-order valence-electron chi connectivity index (χ4n) is 9.11. The summed E-state index contributed by atoms with van der Waals surface area (Å²) in [4.78, 5) is 13.2. The van der Waals surface area contributed by atoms with Gasteiger partial charge < -0.3 is 65.1 Å². The second kappa shape index (κ2) is 41.0. The molecule has 2 aliphatic rings. The van der Waals surface area contributed by atoms with E-state index in [0.717, 1.165) is 38.5 Å². The van der Waals surface area contributed by atoms with Gasteiger partial charge in [-0.1, -0.05) is 192 Å². The maximum absolute atomic E-state index is 13.2. The molecule has 68 heavy (non-hydrogen) atoms. The standard InChI is InChI=1S/C54H101NO13/c1-3-5-7-9-11-13-15-17-18-19-20-21-22-23-24-26-28-30-32-34-36-38-46(59)55-42(43(58)37-35-33-31-29-27-25-16-14-12-10-8-6-4-2)41-65-53-51(64)49(62)52(45(40-57)67-53)68-54-50(63)48(61)47(60)44(39-56)66-54/h17-18,35,37,42-45,47-54,56-58,60-64H,3-16,19-34,36,38-41H2,1-2H3,(H,55,59)/b18-17-,37-35+/t42-,43+,44?,45?,47+,48-,49+,50?,51?,52+,53+,54-/m0/s1. The van der Waals surface area contributed by atoms with Crippen molar-refractivity contribution in [1.29, 1.82) is 0 Å². The normalized spacial score (nSPS) is 26.5. The molecule has 0 bridgehead atoms. The third-order valence-corrected chi connectivity index (χ3v) is 13.6. The Morgan fingerprint density at radius 3 is 1.40 bits per heavy atom. The molecule has 9 N–H and O–H groups in total. The summed E-state index contributed by atoms with van der Waals surface area (Å²) >= 11 is 0. The van der Waals surface area contributed by atoms with Crippen LogP contribution in [-0.2, 0) is 23.7 Å². The lowest BCUT2D eigenvalue weighted by molar-refractivity contribution is -0.359. The number of hydrogen-bond donors (Lipinski definition) is 9. The quantitative estimate of drug-likeness (QED) is 0.0208. The Hall–Kier alpha value is -1.53. The molecule has 14 heteroatoms. The van der Waals surface area contributed by atoms with E-state index in [2.05, 4.69) is 31.3 Å². The van der Waals surface area contributed by atoms with Gasteiger partial charge in [0.2, 0.25) is 5.91 Å². The zero-order valence-electron chi connectivity index (χ0n) is 42.6. The van der Waals surface area contributed by atoms with E-state index in [0.29, 0.717) is 6.42 Å². The fraction of sp³-hybridized carbons (Fsp3) is 0.907. The maximum Gasteiger partial charge on any atom is 0.220 e. The van der Waals surface area contributed by atoms with Gasteiger partial charge in [-0.05, 0) is 44.9 Å². The smallest absolute Gasteiger partial charge is 0.220 e. The number of rotatable bonds is 43. The Morgan fingerprint density at radius 2 is 0.926 bits per heavy atom. The first-order chi connectivity index (χ1) is 33.1. The Bertz CT molecular complexity index is 1240. The van der Waals surface area contributed by atoms with Crippen LogP contribution in [-0.4, -0.2) is 140 Å². The minimum Gasteiger partial charge on any atom is -0.394 e. The summed E-state index contributed by atoms with van der Waals surface area (Å²) in [5, 5.41) is 86.8. The second-order valence-electron chi connectivity index (χ2n) is 19.7. The van der Waals surface area contributed by atoms with Gasteiger partial charge in [-0.25, -0.2) is 0 Å². The molecule has 0 aromatic heterocycles. The Kier molecular flexibility index (Phi) is 37.7. The van der Waals surface area contributed by atoms with Gasteiger partial charge in [0.15, 0.2) is 12.6 Å². The van der Waals surface area contributed by atoms with E-state index < -0.39 is 86.8 Å². The number of carbonyl (C=O) groups is 1. The molecule has 4 unspecified atom stereocenters. The monoisotopic (exact) mass is 972 g/mol. The average molecular weight is 972 g/mol. The molecule has 0 aromatic carbocycles. The van der Waals surface area contributed by atoms with Crippen molar-refractivity contribution in [2.45, 2.75) is 293 Å². The Morgan fingerprint density at radius 1 is 0.515 bits per heavy atom. The molecular formula is C54H101NO13. The lowest BCUT2D eigenvalue weighted by Crippen LogP contribution is -2.65. The summed E-state index contributed by atoms with van der Waals surface area (Å²) in [5.41, 5.74) is 0. The fourth-order valence-corrected chi connectivity index (χ4v) is 9.11. The molecule has 12 atom stereocenters. The Labute approximate surface area is 411 Å². The number of carbonyl (C=O) groups excluding carboxylic acids is 1. The number of allylic oxidation sites excluding steroid dienone is 3. The van der Waals surface area contributed by atoms with Gasteiger partial charge in [-0.3, -0.25) is 4.79 Å². The first-order valence-corrected chi connectivity index (χ1v) is 27.6. The van der Waals surface area contributed by atoms with Crippen molar-refractivity contribution in [3.8, 4) is 0 Å². The highest BCUT2D eigenvalue weighted by atomic mass is 16.7. The number of aliphatic hydroxyl groups excluding tert-OH is 8. The van der Waals surface area contributed by atoms with Crippen molar-refractivity contribution >= 4 is 5.91 Å². The largest absolute Gasteiger partial charge is 0.394 e. The van der Waals surface area contributed by atoms with Crippen molar-refractivity contribution in [3.63, 3.8) is 0 Å². The molecule has 2 fully saturated rings. The van der Waals surface area contributed by atoms with Crippen LogP contribution < -0.4 is 5.32 Å². The van der Waals surface area contributed by atoms with Crippen LogP contribution in [0.15, 0.2) is 24.3 Å². The minimum absolute atomic E-state index is 0.240. The van der Waals surface area contributed by atoms with Crippen LogP contribution in [0.25, 0.3) is 0 Å². The van der Waals surface area contributed by atoms with E-state index in [4.69, 9.17) is 18.9 Å². The van der Waals surface area contributed by atoms with E-state index in [1.807, 2.05) is 6.08 Å². The summed E-state index contributed by atoms with van der Waals surface area (Å²) < 4.78 is 22.7. The zero-order chi connectivity index (χ0) is 49.6. The highest BCUT2D eigenvalue weighted by Crippen LogP contribution is 2.30. The van der Waals surface area contributed by atoms with Gasteiger partial charge in [0.1, 0.15) is 48.8 Å². The summed E-state index contributed by atoms with van der Waals surface area (Å²) in [7, 11) is 0. The molecule has 2 heterocycles. The van der Waals surface area contributed by atoms with E-state index >= 15 is 0 Å². The molecule has 2 saturated heterocycles. The zero-order valence-corrected chi connectivity index (χ0v) is 42.6. The molecule has 0 saturated carbocycles. The Balaban J connectivity index is 1.78. The lowest BCUT2D eigenvalue weighted by Gasteiger charge is -2.46. The topological polar surface area (TPSA) is 228 Å². The van der Waals surface area contributed by atoms with E-state index in [9.17, 15) is 45.6 Å². The molecule has 1 amide bonds. The molecule has 2 rings (SSSR count). The lowest BCUT2D eigenvalue weighted by atomic mass is 9.97. The predicted molar refractivity (Wildman–Crippen MR) is 268 cm³/mol. The molecule has 0 aliphatic carbocycles. The summed E-state index contributed by atoms with van der Waals surface area (Å²) in [6.45, 7) is 2.79. The van der Waals surface area contributed by atoms with Gasteiger partial charge >= 0.3 is 0 Å². The third kappa shape index (κ3) is 27.3. The molecular weight excluding hydrogens is 871 g/mol. The third-order valence-electron chi connectivity index (χ3n) is 13.6. The van der Waals surface area contributed by atoms with Crippen LogP contribution in [0.2, 0.25) is 0 Å². The van der Waals surface area contributed by atoms with Crippen LogP contribution >= 0.6 is 0 Å². The molecule has 0 aromatic rings. The average Bonchev–Trinajstić information content (AvgIpc) is 3.34. The van der Waals surface area contributed by atoms with Crippen LogP contribution in [0.5, 0.6) is 0 Å². The van der Waals surface area contributed by atoms with Crippen molar-refractivity contribution in [1.82, 2.24) is 5.32 Å². The predicted octanol–water partition coefficient (Wildman–Crippen LogP) is 8.11. The number of ether oxygens (including phenoxy) is 4. The van der Waals surface area contributed by atoms with Gasteiger partial charge in [-0.15, -0.1) is 0 Å². The first kappa shape index (κ1) is 62.6. The van der Waals surface area contributed by atoms with Gasteiger partial charge in [0, 0.05) is 6.42 Å². The van der Waals surface area contributed by atoms with Crippen molar-refractivity contribution in [2.75, 3.05) is 19.8 Å². The number of aliphatic hydroxyl groups is 8. The number of amides is 1. The number of hydrogen-bond acceptors (Lipinski definition) is 13. The molecule has 0 spiro atoms.